The Labute approximate surface area is 116 Å². The Morgan fingerprint density at radius 3 is 2.89 bits per heavy atom. The molecule has 4 nitrogen and oxygen atoms in total. The normalized spacial score (nSPS) is 10.2. The maximum atomic E-state index is 11.8. The molecule has 98 valence electrons. The van der Waals surface area contributed by atoms with Gasteiger partial charge in [0.1, 0.15) is 0 Å². The van der Waals surface area contributed by atoms with Crippen LogP contribution >= 0.6 is 11.8 Å². The topological polar surface area (TPSA) is 68.0 Å². The van der Waals surface area contributed by atoms with Crippen molar-refractivity contribution in [1.82, 2.24) is 4.98 Å². The molecule has 0 unspecified atom stereocenters. The zero-order valence-corrected chi connectivity index (χ0v) is 11.4. The summed E-state index contributed by atoms with van der Waals surface area (Å²) in [6.07, 6.45) is 1.71. The number of aryl methyl sites for hydroxylation is 1. The van der Waals surface area contributed by atoms with E-state index < -0.39 is 0 Å². The minimum atomic E-state index is -0.0915. The molecule has 0 radical (unpaired) electrons. The SMILES string of the molecule is Cc1ccc(NC(=O)CSc2ccccn2)c(N)c1. The number of hydrogen-bond acceptors (Lipinski definition) is 4. The third kappa shape index (κ3) is 3.99. The minimum Gasteiger partial charge on any atom is -0.397 e. The second-order valence-electron chi connectivity index (χ2n) is 4.10. The second kappa shape index (κ2) is 6.24. The number of hydrogen-bond donors (Lipinski definition) is 2. The lowest BCUT2D eigenvalue weighted by molar-refractivity contribution is -0.113. The number of amides is 1. The first-order valence-electron chi connectivity index (χ1n) is 5.85. The van der Waals surface area contributed by atoms with E-state index in [-0.39, 0.29) is 5.91 Å². The van der Waals surface area contributed by atoms with E-state index in [9.17, 15) is 4.79 Å². The number of nitrogens with zero attached hydrogens (tertiary/aromatic N) is 1. The van der Waals surface area contributed by atoms with Gasteiger partial charge in [0.2, 0.25) is 5.91 Å². The molecule has 2 rings (SSSR count). The van der Waals surface area contributed by atoms with Gasteiger partial charge < -0.3 is 11.1 Å². The van der Waals surface area contributed by atoms with Crippen LogP contribution in [0, 0.1) is 6.92 Å². The zero-order valence-electron chi connectivity index (χ0n) is 10.6. The molecule has 0 saturated heterocycles. The van der Waals surface area contributed by atoms with E-state index in [2.05, 4.69) is 10.3 Å². The van der Waals surface area contributed by atoms with Gasteiger partial charge in [-0.3, -0.25) is 4.79 Å². The van der Waals surface area contributed by atoms with Gasteiger partial charge in [-0.1, -0.05) is 23.9 Å². The van der Waals surface area contributed by atoms with Gasteiger partial charge in [-0.25, -0.2) is 4.98 Å². The number of anilines is 2. The van der Waals surface area contributed by atoms with E-state index in [1.165, 1.54) is 11.8 Å². The van der Waals surface area contributed by atoms with Crippen molar-refractivity contribution in [2.45, 2.75) is 11.9 Å². The van der Waals surface area contributed by atoms with Crippen LogP contribution in [-0.4, -0.2) is 16.6 Å². The summed E-state index contributed by atoms with van der Waals surface area (Å²) in [4.78, 5) is 16.0. The Morgan fingerprint density at radius 1 is 1.37 bits per heavy atom. The average molecular weight is 273 g/mol. The number of rotatable bonds is 4. The molecule has 1 aromatic heterocycles. The van der Waals surface area contributed by atoms with E-state index in [1.807, 2.05) is 43.3 Å². The predicted octanol–water partition coefficient (Wildman–Crippen LogP) is 2.70. The summed E-state index contributed by atoms with van der Waals surface area (Å²) in [7, 11) is 0. The summed E-state index contributed by atoms with van der Waals surface area (Å²) in [5.41, 5.74) is 8.14. The molecule has 0 aliphatic heterocycles. The molecule has 0 atom stereocenters. The molecule has 0 spiro atoms. The Hall–Kier alpha value is -2.01. The lowest BCUT2D eigenvalue weighted by Gasteiger charge is -2.08. The number of nitrogen functional groups attached to an aromatic ring is 1. The van der Waals surface area contributed by atoms with Crippen LogP contribution in [0.2, 0.25) is 0 Å². The van der Waals surface area contributed by atoms with E-state index in [4.69, 9.17) is 5.73 Å². The van der Waals surface area contributed by atoms with Crippen LogP contribution < -0.4 is 11.1 Å². The largest absolute Gasteiger partial charge is 0.397 e. The number of nitrogens with two attached hydrogens (primary N) is 1. The highest BCUT2D eigenvalue weighted by atomic mass is 32.2. The standard InChI is InChI=1S/C14H15N3OS/c1-10-5-6-12(11(15)8-10)17-13(18)9-19-14-4-2-3-7-16-14/h2-8H,9,15H2,1H3,(H,17,18). The van der Waals surface area contributed by atoms with Crippen LogP contribution in [0.4, 0.5) is 11.4 Å². The van der Waals surface area contributed by atoms with Gasteiger partial charge in [-0.15, -0.1) is 0 Å². The highest BCUT2D eigenvalue weighted by molar-refractivity contribution is 7.99. The Bertz CT molecular complexity index is 572. The first-order valence-corrected chi connectivity index (χ1v) is 6.83. The number of nitrogens with one attached hydrogen (secondary N) is 1. The van der Waals surface area contributed by atoms with Gasteiger partial charge in [0.15, 0.2) is 0 Å². The van der Waals surface area contributed by atoms with Crippen LogP contribution in [-0.2, 0) is 4.79 Å². The molecular formula is C14H15N3OS. The summed E-state index contributed by atoms with van der Waals surface area (Å²) < 4.78 is 0. The number of carbonyl (C=O) groups excluding carboxylic acids is 1. The highest BCUT2D eigenvalue weighted by Gasteiger charge is 2.06. The van der Waals surface area contributed by atoms with Gasteiger partial charge in [0.05, 0.1) is 22.2 Å². The van der Waals surface area contributed by atoms with Crippen molar-refractivity contribution >= 4 is 29.0 Å². The molecule has 0 fully saturated rings. The lowest BCUT2D eigenvalue weighted by atomic mass is 10.2. The summed E-state index contributed by atoms with van der Waals surface area (Å²) >= 11 is 1.39. The van der Waals surface area contributed by atoms with Crippen molar-refractivity contribution in [3.8, 4) is 0 Å². The zero-order chi connectivity index (χ0) is 13.7. The fourth-order valence-corrected chi connectivity index (χ4v) is 2.22. The quantitative estimate of drug-likeness (QED) is 0.664. The van der Waals surface area contributed by atoms with Crippen LogP contribution in [0.1, 0.15) is 5.56 Å². The molecule has 3 N–H and O–H groups in total. The molecule has 0 saturated carbocycles. The second-order valence-corrected chi connectivity index (χ2v) is 5.09. The minimum absolute atomic E-state index is 0.0915. The summed E-state index contributed by atoms with van der Waals surface area (Å²) in [5.74, 6) is 0.218. The van der Waals surface area contributed by atoms with Gasteiger partial charge in [-0.2, -0.15) is 0 Å². The fourth-order valence-electron chi connectivity index (χ4n) is 1.55. The first-order chi connectivity index (χ1) is 9.15. The molecule has 0 aliphatic carbocycles. The maximum absolute atomic E-state index is 11.8. The highest BCUT2D eigenvalue weighted by Crippen LogP contribution is 2.20. The van der Waals surface area contributed by atoms with E-state index in [0.29, 0.717) is 17.1 Å². The molecule has 1 heterocycles. The first kappa shape index (κ1) is 13.4. The van der Waals surface area contributed by atoms with Crippen LogP contribution in [0.5, 0.6) is 0 Å². The Kier molecular flexibility index (Phi) is 4.41. The van der Waals surface area contributed by atoms with Crippen molar-refractivity contribution in [2.75, 3.05) is 16.8 Å². The van der Waals surface area contributed by atoms with Gasteiger partial charge in [0.25, 0.3) is 0 Å². The van der Waals surface area contributed by atoms with Crippen molar-refractivity contribution in [3.05, 3.63) is 48.2 Å². The Balaban J connectivity index is 1.91. The van der Waals surface area contributed by atoms with Gasteiger partial charge in [-0.05, 0) is 36.8 Å². The van der Waals surface area contributed by atoms with E-state index >= 15 is 0 Å². The van der Waals surface area contributed by atoms with Gasteiger partial charge >= 0.3 is 0 Å². The Morgan fingerprint density at radius 2 is 2.21 bits per heavy atom. The molecule has 5 heteroatoms. The molecule has 1 amide bonds. The van der Waals surface area contributed by atoms with Crippen molar-refractivity contribution in [3.63, 3.8) is 0 Å². The fraction of sp³-hybridized carbons (Fsp3) is 0.143. The van der Waals surface area contributed by atoms with Crippen molar-refractivity contribution in [1.29, 1.82) is 0 Å². The van der Waals surface area contributed by atoms with E-state index in [1.54, 1.807) is 6.20 Å². The number of carbonyl (C=O) groups is 1. The molecule has 19 heavy (non-hydrogen) atoms. The monoisotopic (exact) mass is 273 g/mol. The smallest absolute Gasteiger partial charge is 0.234 e. The number of pyridine rings is 1. The summed E-state index contributed by atoms with van der Waals surface area (Å²) in [5, 5.41) is 3.62. The van der Waals surface area contributed by atoms with Crippen LogP contribution in [0.3, 0.4) is 0 Å². The number of thioether (sulfide) groups is 1. The predicted molar refractivity (Wildman–Crippen MR) is 79.2 cm³/mol. The van der Waals surface area contributed by atoms with Crippen molar-refractivity contribution < 1.29 is 4.79 Å². The van der Waals surface area contributed by atoms with Crippen LogP contribution in [0.25, 0.3) is 0 Å². The van der Waals surface area contributed by atoms with Gasteiger partial charge in [0, 0.05) is 6.20 Å². The lowest BCUT2D eigenvalue weighted by Crippen LogP contribution is -2.15. The molecule has 2 aromatic rings. The molecule has 0 bridgehead atoms. The number of aromatic nitrogens is 1. The average Bonchev–Trinajstić information content (AvgIpc) is 2.41. The maximum Gasteiger partial charge on any atom is 0.234 e. The summed E-state index contributed by atoms with van der Waals surface area (Å²) in [6, 6.07) is 11.2. The molecule has 0 aliphatic rings. The third-order valence-electron chi connectivity index (χ3n) is 2.47. The number of benzene rings is 1. The molecular weight excluding hydrogens is 258 g/mol. The summed E-state index contributed by atoms with van der Waals surface area (Å²) in [6.45, 7) is 1.96. The van der Waals surface area contributed by atoms with Crippen molar-refractivity contribution in [2.24, 2.45) is 0 Å². The van der Waals surface area contributed by atoms with E-state index in [0.717, 1.165) is 10.6 Å². The molecule has 1 aromatic carbocycles. The third-order valence-corrected chi connectivity index (χ3v) is 3.41. The van der Waals surface area contributed by atoms with Crippen LogP contribution in [0.15, 0.2) is 47.6 Å².